The van der Waals surface area contributed by atoms with Crippen molar-refractivity contribution in [3.8, 4) is 5.75 Å². The van der Waals surface area contributed by atoms with Crippen LogP contribution >= 0.6 is 0 Å². The Morgan fingerprint density at radius 3 is 2.73 bits per heavy atom. The number of aliphatic hydroxyl groups is 2. The van der Waals surface area contributed by atoms with E-state index in [4.69, 9.17) is 4.74 Å². The fraction of sp³-hybridized carbons (Fsp3) is 0.562. The zero-order chi connectivity index (χ0) is 16.5. The molecule has 0 saturated heterocycles. The molecule has 0 aromatic heterocycles. The molecule has 0 saturated carbocycles. The van der Waals surface area contributed by atoms with Crippen molar-refractivity contribution in [3.63, 3.8) is 0 Å². The molecule has 0 fully saturated rings. The molecule has 0 spiro atoms. The Kier molecular flexibility index (Phi) is 7.87. The number of carbonyl (C=O) groups is 1. The lowest BCUT2D eigenvalue weighted by Gasteiger charge is -2.28. The molecule has 0 aliphatic heterocycles. The van der Waals surface area contributed by atoms with Gasteiger partial charge in [0.15, 0.2) is 0 Å². The summed E-state index contributed by atoms with van der Waals surface area (Å²) in [6, 6.07) is 7.31. The number of nitrogens with one attached hydrogen (secondary N) is 1. The molecule has 0 bridgehead atoms. The average Bonchev–Trinajstić information content (AvgIpc) is 2.51. The van der Waals surface area contributed by atoms with Gasteiger partial charge in [0.1, 0.15) is 5.75 Å². The van der Waals surface area contributed by atoms with Gasteiger partial charge in [-0.15, -0.1) is 0 Å². The third kappa shape index (κ3) is 6.43. The highest BCUT2D eigenvalue weighted by atomic mass is 16.5. The molecule has 3 N–H and O–H groups in total. The number of benzene rings is 1. The van der Waals surface area contributed by atoms with Gasteiger partial charge in [-0.3, -0.25) is 9.69 Å². The molecule has 6 nitrogen and oxygen atoms in total. The molecule has 1 amide bonds. The second-order valence-electron chi connectivity index (χ2n) is 5.44. The lowest BCUT2D eigenvalue weighted by molar-refractivity contribution is -0.123. The van der Waals surface area contributed by atoms with Gasteiger partial charge < -0.3 is 20.3 Å². The standard InChI is InChI=1S/C16H26N2O4/c1-12(11-19)18(9-13(2)20)10-16(21)17-8-14-5-4-6-15(7-14)22-3/h4-7,12-13,19-20H,8-11H2,1-3H3,(H,17,21)/t12-,13+/m0/s1. The van der Waals surface area contributed by atoms with Gasteiger partial charge in [0.2, 0.25) is 5.91 Å². The Balaban J connectivity index is 2.52. The summed E-state index contributed by atoms with van der Waals surface area (Å²) in [7, 11) is 1.60. The van der Waals surface area contributed by atoms with E-state index in [1.165, 1.54) is 0 Å². The Morgan fingerprint density at radius 2 is 2.14 bits per heavy atom. The molecule has 124 valence electrons. The topological polar surface area (TPSA) is 82.0 Å². The first-order valence-corrected chi connectivity index (χ1v) is 7.38. The maximum absolute atomic E-state index is 12.0. The van der Waals surface area contributed by atoms with E-state index >= 15 is 0 Å². The van der Waals surface area contributed by atoms with Gasteiger partial charge in [0.25, 0.3) is 0 Å². The molecule has 22 heavy (non-hydrogen) atoms. The van der Waals surface area contributed by atoms with E-state index in [2.05, 4.69) is 5.32 Å². The minimum Gasteiger partial charge on any atom is -0.497 e. The van der Waals surface area contributed by atoms with Crippen LogP contribution in [0.3, 0.4) is 0 Å². The Morgan fingerprint density at radius 1 is 1.41 bits per heavy atom. The Bertz CT molecular complexity index is 465. The van der Waals surface area contributed by atoms with Crippen molar-refractivity contribution in [2.75, 3.05) is 26.8 Å². The van der Waals surface area contributed by atoms with Crippen molar-refractivity contribution in [1.82, 2.24) is 10.2 Å². The number of hydrogen-bond donors (Lipinski definition) is 3. The minimum atomic E-state index is -0.555. The van der Waals surface area contributed by atoms with Gasteiger partial charge in [-0.05, 0) is 31.5 Å². The lowest BCUT2D eigenvalue weighted by Crippen LogP contribution is -2.46. The van der Waals surface area contributed by atoms with Crippen molar-refractivity contribution in [2.45, 2.75) is 32.5 Å². The molecular formula is C16H26N2O4. The maximum Gasteiger partial charge on any atom is 0.234 e. The summed E-state index contributed by atoms with van der Waals surface area (Å²) in [4.78, 5) is 13.8. The molecule has 0 aliphatic carbocycles. The van der Waals surface area contributed by atoms with Crippen LogP contribution in [0.15, 0.2) is 24.3 Å². The molecule has 6 heteroatoms. The lowest BCUT2D eigenvalue weighted by atomic mass is 10.2. The van der Waals surface area contributed by atoms with Crippen LogP contribution in [0.25, 0.3) is 0 Å². The molecule has 0 heterocycles. The van der Waals surface area contributed by atoms with E-state index in [0.29, 0.717) is 13.1 Å². The summed E-state index contributed by atoms with van der Waals surface area (Å²) in [6.07, 6.45) is -0.555. The molecule has 1 rings (SSSR count). The van der Waals surface area contributed by atoms with E-state index in [1.54, 1.807) is 18.9 Å². The van der Waals surface area contributed by atoms with Crippen molar-refractivity contribution in [3.05, 3.63) is 29.8 Å². The predicted molar refractivity (Wildman–Crippen MR) is 84.6 cm³/mol. The molecule has 0 unspecified atom stereocenters. The summed E-state index contributed by atoms with van der Waals surface area (Å²) >= 11 is 0. The van der Waals surface area contributed by atoms with Gasteiger partial charge in [0, 0.05) is 19.1 Å². The van der Waals surface area contributed by atoms with Crippen molar-refractivity contribution < 1.29 is 19.7 Å². The first kappa shape index (κ1) is 18.4. The van der Waals surface area contributed by atoms with Gasteiger partial charge in [-0.25, -0.2) is 0 Å². The highest BCUT2D eigenvalue weighted by Gasteiger charge is 2.18. The molecule has 1 aromatic rings. The second-order valence-corrected chi connectivity index (χ2v) is 5.44. The first-order valence-electron chi connectivity index (χ1n) is 7.38. The van der Waals surface area contributed by atoms with Gasteiger partial charge in [-0.1, -0.05) is 12.1 Å². The maximum atomic E-state index is 12.0. The fourth-order valence-electron chi connectivity index (χ4n) is 2.08. The van der Waals surface area contributed by atoms with Crippen LogP contribution in [-0.2, 0) is 11.3 Å². The first-order chi connectivity index (χ1) is 10.5. The molecule has 2 atom stereocenters. The molecule has 0 aliphatic rings. The van der Waals surface area contributed by atoms with E-state index in [-0.39, 0.29) is 25.1 Å². The SMILES string of the molecule is COc1cccc(CNC(=O)CN(C[C@@H](C)O)[C@@H](C)CO)c1. The predicted octanol–water partition coefficient (Wildman–Crippen LogP) is 0.375. The van der Waals surface area contributed by atoms with Gasteiger partial charge >= 0.3 is 0 Å². The summed E-state index contributed by atoms with van der Waals surface area (Å²) in [5.74, 6) is 0.597. The third-order valence-corrected chi connectivity index (χ3v) is 3.36. The van der Waals surface area contributed by atoms with Crippen LogP contribution in [0.5, 0.6) is 5.75 Å². The monoisotopic (exact) mass is 310 g/mol. The molecule has 1 aromatic carbocycles. The number of amides is 1. The third-order valence-electron chi connectivity index (χ3n) is 3.36. The van der Waals surface area contributed by atoms with Gasteiger partial charge in [0.05, 0.1) is 26.4 Å². The summed E-state index contributed by atoms with van der Waals surface area (Å²) in [5.41, 5.74) is 0.949. The quantitative estimate of drug-likeness (QED) is 0.614. The smallest absolute Gasteiger partial charge is 0.234 e. The number of ether oxygens (including phenoxy) is 1. The Hall–Kier alpha value is -1.63. The number of methoxy groups -OCH3 is 1. The Labute approximate surface area is 131 Å². The van der Waals surface area contributed by atoms with Crippen LogP contribution in [0.2, 0.25) is 0 Å². The van der Waals surface area contributed by atoms with E-state index in [0.717, 1.165) is 11.3 Å². The second kappa shape index (κ2) is 9.40. The zero-order valence-corrected chi connectivity index (χ0v) is 13.5. The van der Waals surface area contributed by atoms with E-state index < -0.39 is 6.10 Å². The van der Waals surface area contributed by atoms with Crippen LogP contribution < -0.4 is 10.1 Å². The number of nitrogens with zero attached hydrogens (tertiary/aromatic N) is 1. The summed E-state index contributed by atoms with van der Waals surface area (Å²) in [6.45, 7) is 4.30. The summed E-state index contributed by atoms with van der Waals surface area (Å²) < 4.78 is 5.14. The highest BCUT2D eigenvalue weighted by molar-refractivity contribution is 5.78. The van der Waals surface area contributed by atoms with Crippen LogP contribution in [0.1, 0.15) is 19.4 Å². The van der Waals surface area contributed by atoms with Crippen LogP contribution in [-0.4, -0.2) is 60.0 Å². The highest BCUT2D eigenvalue weighted by Crippen LogP contribution is 2.12. The fourth-order valence-corrected chi connectivity index (χ4v) is 2.08. The number of rotatable bonds is 9. The van der Waals surface area contributed by atoms with Crippen LogP contribution in [0, 0.1) is 0 Å². The van der Waals surface area contributed by atoms with Crippen molar-refractivity contribution in [1.29, 1.82) is 0 Å². The van der Waals surface area contributed by atoms with Crippen molar-refractivity contribution in [2.24, 2.45) is 0 Å². The number of aliphatic hydroxyl groups excluding tert-OH is 2. The van der Waals surface area contributed by atoms with E-state index in [1.807, 2.05) is 31.2 Å². The van der Waals surface area contributed by atoms with E-state index in [9.17, 15) is 15.0 Å². The zero-order valence-electron chi connectivity index (χ0n) is 13.5. The number of hydrogen-bond acceptors (Lipinski definition) is 5. The van der Waals surface area contributed by atoms with Crippen LogP contribution in [0.4, 0.5) is 0 Å². The normalized spacial score (nSPS) is 13.7. The average molecular weight is 310 g/mol. The van der Waals surface area contributed by atoms with Gasteiger partial charge in [-0.2, -0.15) is 0 Å². The number of carbonyl (C=O) groups excluding carboxylic acids is 1. The molecule has 0 radical (unpaired) electrons. The molecular weight excluding hydrogens is 284 g/mol. The minimum absolute atomic E-state index is 0.0596. The largest absolute Gasteiger partial charge is 0.497 e. The van der Waals surface area contributed by atoms with Crippen molar-refractivity contribution >= 4 is 5.91 Å². The summed E-state index contributed by atoms with van der Waals surface area (Å²) in [5, 5.41) is 21.5.